The summed E-state index contributed by atoms with van der Waals surface area (Å²) in [5.41, 5.74) is 2.28. The quantitative estimate of drug-likeness (QED) is 0.149. The molecule has 11 heteroatoms. The molecular formula is C25H22N5O5S+. The number of nitro benzene ring substituents is 1. The molecule has 0 saturated carbocycles. The fourth-order valence-electron chi connectivity index (χ4n) is 4.08. The zero-order valence-corrected chi connectivity index (χ0v) is 20.0. The van der Waals surface area contributed by atoms with Gasteiger partial charge >= 0.3 is 16.9 Å². The minimum absolute atomic E-state index is 0.0203. The van der Waals surface area contributed by atoms with Crippen LogP contribution in [-0.4, -0.2) is 26.7 Å². The molecule has 0 amide bonds. The fourth-order valence-corrected chi connectivity index (χ4v) is 4.89. The molecular weight excluding hydrogens is 482 g/mol. The number of rotatable bonds is 7. The molecule has 0 spiro atoms. The zero-order valence-electron chi connectivity index (χ0n) is 19.2. The van der Waals surface area contributed by atoms with E-state index in [9.17, 15) is 20.0 Å². The van der Waals surface area contributed by atoms with Crippen LogP contribution in [0.5, 0.6) is 11.5 Å². The lowest BCUT2D eigenvalue weighted by Gasteiger charge is -2.22. The molecule has 1 aromatic heterocycles. The molecule has 36 heavy (non-hydrogen) atoms. The summed E-state index contributed by atoms with van der Waals surface area (Å²) in [6.45, 7) is 1.92. The Kier molecular flexibility index (Phi) is 6.30. The number of ether oxygens (including phenoxy) is 1. The molecule has 10 nitrogen and oxygen atoms in total. The standard InChI is InChI=1S/C25H21N5O5S/c1-2-35-20-13-16(12-19(22(20)31)30(33)34)23-26-18-11-7-6-10-17(18)21-24(32)27-25(28-29(21)23)36-14-15-8-4-3-5-9-15/h3-13,23H,2,14H2,1H3,(H2,27,28,31,32)/p+1/t23-/m1/s1. The molecule has 0 saturated heterocycles. The van der Waals surface area contributed by atoms with Gasteiger partial charge in [-0.1, -0.05) is 54.2 Å². The number of nitrogens with one attached hydrogen (secondary N) is 2. The lowest BCUT2D eigenvalue weighted by molar-refractivity contribution is -0.759. The van der Waals surface area contributed by atoms with Crippen molar-refractivity contribution in [1.29, 1.82) is 0 Å². The summed E-state index contributed by atoms with van der Waals surface area (Å²) in [6, 6.07) is 19.9. The van der Waals surface area contributed by atoms with Crippen molar-refractivity contribution in [2.75, 3.05) is 11.9 Å². The van der Waals surface area contributed by atoms with Gasteiger partial charge in [0.25, 0.3) is 6.17 Å². The molecule has 1 atom stereocenters. The molecule has 0 bridgehead atoms. The van der Waals surface area contributed by atoms with Gasteiger partial charge < -0.3 is 15.2 Å². The highest BCUT2D eigenvalue weighted by molar-refractivity contribution is 7.98. The number of para-hydroxylation sites is 1. The number of aromatic amines is 1. The number of hydrogen-bond acceptors (Lipinski definition) is 8. The molecule has 0 radical (unpaired) electrons. The summed E-state index contributed by atoms with van der Waals surface area (Å²) in [4.78, 5) is 27.2. The number of phenolic OH excluding ortho intramolecular Hbond substituents is 1. The first kappa shape index (κ1) is 23.4. The van der Waals surface area contributed by atoms with E-state index in [-0.39, 0.29) is 17.9 Å². The van der Waals surface area contributed by atoms with E-state index < -0.39 is 22.5 Å². The van der Waals surface area contributed by atoms with Crippen molar-refractivity contribution >= 4 is 23.1 Å². The second-order valence-corrected chi connectivity index (χ2v) is 8.96. The van der Waals surface area contributed by atoms with Crippen LogP contribution < -0.4 is 20.3 Å². The number of H-pyrrole nitrogens is 1. The highest BCUT2D eigenvalue weighted by Gasteiger charge is 2.39. The molecule has 1 aliphatic rings. The maximum atomic E-state index is 13.3. The Labute approximate surface area is 209 Å². The monoisotopic (exact) mass is 504 g/mol. The van der Waals surface area contributed by atoms with Crippen LogP contribution in [-0.2, 0) is 5.75 Å². The Morgan fingerprint density at radius 1 is 1.17 bits per heavy atom. The third-order valence-electron chi connectivity index (χ3n) is 5.69. The van der Waals surface area contributed by atoms with Crippen LogP contribution in [0.3, 0.4) is 0 Å². The Bertz CT molecular complexity index is 1510. The Morgan fingerprint density at radius 3 is 2.67 bits per heavy atom. The smallest absolute Gasteiger partial charge is 0.325 e. The third kappa shape index (κ3) is 4.36. The number of nitro groups is 1. The van der Waals surface area contributed by atoms with E-state index in [4.69, 9.17) is 9.84 Å². The SMILES string of the molecule is CCOc1cc([C@@H]2Nc3ccccc3-c3c(=O)[nH]c(SCc4ccccc4)n[n+]32)cc([N+](=O)[O-])c1O. The van der Waals surface area contributed by atoms with Crippen LogP contribution in [0.15, 0.2) is 76.7 Å². The molecule has 4 aromatic rings. The number of phenols is 1. The van der Waals surface area contributed by atoms with Gasteiger partial charge in [0.05, 0.1) is 28.3 Å². The van der Waals surface area contributed by atoms with Crippen LogP contribution in [0.4, 0.5) is 11.4 Å². The molecule has 0 unspecified atom stereocenters. The molecule has 1 aliphatic heterocycles. The highest BCUT2D eigenvalue weighted by atomic mass is 32.2. The van der Waals surface area contributed by atoms with Gasteiger partial charge in [-0.2, -0.15) is 0 Å². The summed E-state index contributed by atoms with van der Waals surface area (Å²) in [5, 5.41) is 30.5. The van der Waals surface area contributed by atoms with E-state index in [1.54, 1.807) is 6.92 Å². The molecule has 3 N–H and O–H groups in total. The minimum Gasteiger partial charge on any atom is -0.500 e. The lowest BCUT2D eigenvalue weighted by Crippen LogP contribution is -2.55. The molecule has 5 rings (SSSR count). The van der Waals surface area contributed by atoms with Crippen LogP contribution in [0, 0.1) is 10.1 Å². The van der Waals surface area contributed by atoms with Crippen LogP contribution in [0.1, 0.15) is 24.2 Å². The lowest BCUT2D eigenvalue weighted by atomic mass is 10.0. The molecule has 0 aliphatic carbocycles. The minimum atomic E-state index is -0.771. The van der Waals surface area contributed by atoms with Gasteiger partial charge in [0.2, 0.25) is 10.9 Å². The van der Waals surface area contributed by atoms with Crippen molar-refractivity contribution < 1.29 is 19.4 Å². The van der Waals surface area contributed by atoms with Crippen LogP contribution in [0.2, 0.25) is 0 Å². The first-order valence-electron chi connectivity index (χ1n) is 11.2. The van der Waals surface area contributed by atoms with Gasteiger partial charge in [-0.25, -0.2) is 0 Å². The molecule has 182 valence electrons. The van der Waals surface area contributed by atoms with Crippen molar-refractivity contribution in [1.82, 2.24) is 10.1 Å². The summed E-state index contributed by atoms with van der Waals surface area (Å²) in [5.74, 6) is 0.0230. The van der Waals surface area contributed by atoms with Crippen LogP contribution >= 0.6 is 11.8 Å². The first-order valence-corrected chi connectivity index (χ1v) is 12.2. The fraction of sp³-hybridized carbons (Fsp3) is 0.160. The third-order valence-corrected chi connectivity index (χ3v) is 6.62. The number of aromatic nitrogens is 3. The molecule has 2 heterocycles. The maximum Gasteiger partial charge on any atom is 0.325 e. The normalized spacial score (nSPS) is 13.9. The largest absolute Gasteiger partial charge is 0.500 e. The number of aromatic hydroxyl groups is 1. The average molecular weight is 505 g/mol. The van der Waals surface area contributed by atoms with Crippen molar-refractivity contribution in [3.8, 4) is 22.8 Å². The van der Waals surface area contributed by atoms with E-state index in [0.29, 0.717) is 33.4 Å². The maximum absolute atomic E-state index is 13.3. The van der Waals surface area contributed by atoms with Crippen molar-refractivity contribution in [2.45, 2.75) is 24.0 Å². The number of thioether (sulfide) groups is 1. The van der Waals surface area contributed by atoms with E-state index in [1.165, 1.54) is 28.6 Å². The second-order valence-electron chi connectivity index (χ2n) is 8.00. The summed E-state index contributed by atoms with van der Waals surface area (Å²) in [6.07, 6.45) is -0.771. The average Bonchev–Trinajstić information content (AvgIpc) is 2.88. The zero-order chi connectivity index (χ0) is 25.2. The van der Waals surface area contributed by atoms with Crippen molar-refractivity contribution in [3.05, 3.63) is 98.3 Å². The number of nitrogens with zero attached hydrogens (tertiary/aromatic N) is 3. The van der Waals surface area contributed by atoms with E-state index in [1.807, 2.05) is 54.6 Å². The van der Waals surface area contributed by atoms with Crippen molar-refractivity contribution in [2.24, 2.45) is 0 Å². The predicted octanol–water partition coefficient (Wildman–Crippen LogP) is 4.00. The molecule has 0 fully saturated rings. The van der Waals surface area contributed by atoms with Gasteiger partial charge in [-0.3, -0.25) is 19.9 Å². The first-order chi connectivity index (χ1) is 17.5. The van der Waals surface area contributed by atoms with Crippen LogP contribution in [0.25, 0.3) is 11.3 Å². The summed E-state index contributed by atoms with van der Waals surface area (Å²) < 4.78 is 7.00. The Morgan fingerprint density at radius 2 is 1.92 bits per heavy atom. The molecule has 3 aromatic carbocycles. The van der Waals surface area contributed by atoms with E-state index in [2.05, 4.69) is 10.3 Å². The highest BCUT2D eigenvalue weighted by Crippen LogP contribution is 2.40. The van der Waals surface area contributed by atoms with Crippen molar-refractivity contribution in [3.63, 3.8) is 0 Å². The van der Waals surface area contributed by atoms with Gasteiger partial charge in [0.15, 0.2) is 5.75 Å². The van der Waals surface area contributed by atoms with E-state index >= 15 is 0 Å². The summed E-state index contributed by atoms with van der Waals surface area (Å²) in [7, 11) is 0. The van der Waals surface area contributed by atoms with Gasteiger partial charge in [-0.05, 0) is 35.4 Å². The topological polar surface area (TPSA) is 134 Å². The second kappa shape index (κ2) is 9.70. The number of fused-ring (bicyclic) bond motifs is 3. The van der Waals surface area contributed by atoms with Gasteiger partial charge in [-0.15, -0.1) is 0 Å². The van der Waals surface area contributed by atoms with E-state index in [0.717, 1.165) is 5.56 Å². The number of benzene rings is 3. The number of hydrogen-bond donors (Lipinski definition) is 3. The summed E-state index contributed by atoms with van der Waals surface area (Å²) >= 11 is 1.37. The number of anilines is 1. The predicted molar refractivity (Wildman–Crippen MR) is 134 cm³/mol. The Balaban J connectivity index is 1.65. The Hall–Kier alpha value is -4.38. The van der Waals surface area contributed by atoms with Gasteiger partial charge in [0, 0.05) is 16.9 Å². The van der Waals surface area contributed by atoms with Gasteiger partial charge in [0.1, 0.15) is 0 Å².